The minimum absolute atomic E-state index is 0.0501. The number of hydrogen-bond donors (Lipinski definition) is 1. The highest BCUT2D eigenvalue weighted by molar-refractivity contribution is 5.80. The van der Waals surface area contributed by atoms with Crippen LogP contribution in [0, 0.1) is 12.8 Å². The van der Waals surface area contributed by atoms with Crippen molar-refractivity contribution in [3.05, 3.63) is 101 Å². The van der Waals surface area contributed by atoms with E-state index < -0.39 is 0 Å². The van der Waals surface area contributed by atoms with Gasteiger partial charge in [0.1, 0.15) is 5.75 Å². The van der Waals surface area contributed by atoms with E-state index in [-0.39, 0.29) is 30.4 Å². The van der Waals surface area contributed by atoms with Crippen LogP contribution in [-0.4, -0.2) is 29.9 Å². The van der Waals surface area contributed by atoms with Crippen LogP contribution < -0.4 is 10.1 Å². The number of nitrogens with one attached hydrogen (secondary N) is 1. The van der Waals surface area contributed by atoms with Crippen LogP contribution in [0.1, 0.15) is 59.5 Å². The van der Waals surface area contributed by atoms with Gasteiger partial charge in [0.05, 0.1) is 6.04 Å². The van der Waals surface area contributed by atoms with E-state index in [1.807, 2.05) is 42.5 Å². The zero-order valence-corrected chi connectivity index (χ0v) is 20.9. The van der Waals surface area contributed by atoms with E-state index in [9.17, 15) is 9.59 Å². The SMILES string of the molecule is Cc1ccc(C2c3cc(OCC(=O)NCc4ccccc4)ccc3CCN2C(=O)C2CCCC2)cc1. The molecule has 0 bridgehead atoms. The molecule has 0 radical (unpaired) electrons. The second kappa shape index (κ2) is 11.0. The van der Waals surface area contributed by atoms with Crippen LogP contribution in [0.3, 0.4) is 0 Å². The van der Waals surface area contributed by atoms with Crippen molar-refractivity contribution in [2.24, 2.45) is 5.92 Å². The number of fused-ring (bicyclic) bond motifs is 1. The van der Waals surface area contributed by atoms with Gasteiger partial charge in [-0.25, -0.2) is 0 Å². The van der Waals surface area contributed by atoms with Crippen molar-refractivity contribution in [2.45, 2.75) is 51.6 Å². The molecule has 5 heteroatoms. The van der Waals surface area contributed by atoms with Gasteiger partial charge in [-0.15, -0.1) is 0 Å². The first kappa shape index (κ1) is 24.1. The molecule has 1 saturated carbocycles. The number of ether oxygens (including phenoxy) is 1. The Morgan fingerprint density at radius 1 is 0.972 bits per heavy atom. The maximum absolute atomic E-state index is 13.6. The van der Waals surface area contributed by atoms with E-state index in [0.29, 0.717) is 12.3 Å². The predicted molar refractivity (Wildman–Crippen MR) is 141 cm³/mol. The van der Waals surface area contributed by atoms with E-state index in [1.165, 1.54) is 11.1 Å². The lowest BCUT2D eigenvalue weighted by Gasteiger charge is -2.39. The Kier molecular flexibility index (Phi) is 7.36. The smallest absolute Gasteiger partial charge is 0.258 e. The first-order valence-electron chi connectivity index (χ1n) is 13.0. The van der Waals surface area contributed by atoms with Crippen molar-refractivity contribution < 1.29 is 14.3 Å². The third-order valence-corrected chi connectivity index (χ3v) is 7.43. The van der Waals surface area contributed by atoms with E-state index in [2.05, 4.69) is 47.5 Å². The maximum atomic E-state index is 13.6. The largest absolute Gasteiger partial charge is 0.484 e. The lowest BCUT2D eigenvalue weighted by molar-refractivity contribution is -0.137. The summed E-state index contributed by atoms with van der Waals surface area (Å²) in [4.78, 5) is 28.1. The van der Waals surface area contributed by atoms with Gasteiger partial charge >= 0.3 is 0 Å². The molecular formula is C31H34N2O3. The molecule has 5 rings (SSSR count). The minimum Gasteiger partial charge on any atom is -0.484 e. The summed E-state index contributed by atoms with van der Waals surface area (Å²) >= 11 is 0. The summed E-state index contributed by atoms with van der Waals surface area (Å²) in [5.74, 6) is 0.892. The summed E-state index contributed by atoms with van der Waals surface area (Å²) in [7, 11) is 0. The van der Waals surface area contributed by atoms with Gasteiger partial charge < -0.3 is 15.0 Å². The average Bonchev–Trinajstić information content (AvgIpc) is 3.46. The van der Waals surface area contributed by atoms with Crippen molar-refractivity contribution in [1.82, 2.24) is 10.2 Å². The van der Waals surface area contributed by atoms with Crippen LogP contribution in [0.2, 0.25) is 0 Å². The average molecular weight is 483 g/mol. The molecule has 1 N–H and O–H groups in total. The fourth-order valence-electron chi connectivity index (χ4n) is 5.43. The lowest BCUT2D eigenvalue weighted by Crippen LogP contribution is -2.43. The van der Waals surface area contributed by atoms with Gasteiger partial charge in [0.2, 0.25) is 5.91 Å². The van der Waals surface area contributed by atoms with Gasteiger partial charge in [-0.05, 0) is 60.6 Å². The van der Waals surface area contributed by atoms with E-state index in [1.54, 1.807) is 0 Å². The molecule has 1 aliphatic carbocycles. The van der Waals surface area contributed by atoms with Crippen LogP contribution in [0.4, 0.5) is 0 Å². The topological polar surface area (TPSA) is 58.6 Å². The zero-order valence-electron chi connectivity index (χ0n) is 20.9. The highest BCUT2D eigenvalue weighted by atomic mass is 16.5. The summed E-state index contributed by atoms with van der Waals surface area (Å²) in [5, 5.41) is 2.91. The molecule has 1 unspecified atom stereocenters. The maximum Gasteiger partial charge on any atom is 0.258 e. The first-order chi connectivity index (χ1) is 17.6. The Bertz CT molecular complexity index is 1200. The van der Waals surface area contributed by atoms with Crippen LogP contribution in [0.15, 0.2) is 72.8 Å². The Labute approximate surface area is 213 Å². The number of aryl methyl sites for hydroxylation is 1. The Morgan fingerprint density at radius 3 is 2.47 bits per heavy atom. The molecular weight excluding hydrogens is 448 g/mol. The monoisotopic (exact) mass is 482 g/mol. The Hall–Kier alpha value is -3.60. The number of rotatable bonds is 7. The summed E-state index contributed by atoms with van der Waals surface area (Å²) in [6, 6.07) is 24.2. The molecule has 0 aromatic heterocycles. The molecule has 1 heterocycles. The molecule has 1 aliphatic heterocycles. The number of amides is 2. The van der Waals surface area contributed by atoms with Crippen molar-refractivity contribution in [2.75, 3.05) is 13.2 Å². The van der Waals surface area contributed by atoms with Crippen LogP contribution >= 0.6 is 0 Å². The summed E-state index contributed by atoms with van der Waals surface area (Å²) in [6.07, 6.45) is 5.09. The molecule has 2 aliphatic rings. The zero-order chi connectivity index (χ0) is 24.9. The first-order valence-corrected chi connectivity index (χ1v) is 13.0. The molecule has 1 fully saturated rings. The van der Waals surface area contributed by atoms with Crippen LogP contribution in [-0.2, 0) is 22.6 Å². The summed E-state index contributed by atoms with van der Waals surface area (Å²) in [6.45, 7) is 3.23. The predicted octanol–water partition coefficient (Wildman–Crippen LogP) is 5.35. The summed E-state index contributed by atoms with van der Waals surface area (Å²) in [5.41, 5.74) is 5.69. The van der Waals surface area contributed by atoms with Crippen molar-refractivity contribution in [3.63, 3.8) is 0 Å². The molecule has 1 atom stereocenters. The normalized spacial score (nSPS) is 17.5. The molecule has 0 saturated heterocycles. The van der Waals surface area contributed by atoms with Crippen molar-refractivity contribution in [1.29, 1.82) is 0 Å². The van der Waals surface area contributed by atoms with Gasteiger partial charge in [0.15, 0.2) is 6.61 Å². The molecule has 36 heavy (non-hydrogen) atoms. The second-order valence-electron chi connectivity index (χ2n) is 9.99. The van der Waals surface area contributed by atoms with Crippen LogP contribution in [0.25, 0.3) is 0 Å². The highest BCUT2D eigenvalue weighted by Crippen LogP contribution is 2.39. The second-order valence-corrected chi connectivity index (χ2v) is 9.99. The third kappa shape index (κ3) is 5.46. The molecule has 3 aromatic carbocycles. The highest BCUT2D eigenvalue weighted by Gasteiger charge is 2.36. The standard InChI is InChI=1S/C31H34N2O3/c1-22-11-13-25(14-12-22)30-28-19-27(36-21-29(34)32-20-23-7-3-2-4-8-23)16-15-24(28)17-18-33(30)31(35)26-9-5-6-10-26/h2-4,7-8,11-16,19,26,30H,5-6,9-10,17-18,20-21H2,1H3,(H,32,34). The molecule has 0 spiro atoms. The number of nitrogens with zero attached hydrogens (tertiary/aromatic N) is 1. The molecule has 186 valence electrons. The number of carbonyl (C=O) groups is 2. The summed E-state index contributed by atoms with van der Waals surface area (Å²) < 4.78 is 5.91. The number of carbonyl (C=O) groups excluding carboxylic acids is 2. The quantitative estimate of drug-likeness (QED) is 0.494. The van der Waals surface area contributed by atoms with Gasteiger partial charge in [0.25, 0.3) is 5.91 Å². The fraction of sp³-hybridized carbons (Fsp3) is 0.355. The van der Waals surface area contributed by atoms with Gasteiger partial charge in [-0.3, -0.25) is 9.59 Å². The van der Waals surface area contributed by atoms with E-state index in [4.69, 9.17) is 4.74 Å². The third-order valence-electron chi connectivity index (χ3n) is 7.43. The van der Waals surface area contributed by atoms with Crippen molar-refractivity contribution in [3.8, 4) is 5.75 Å². The van der Waals surface area contributed by atoms with Gasteiger partial charge in [-0.1, -0.05) is 79.1 Å². The molecule has 2 amide bonds. The van der Waals surface area contributed by atoms with Gasteiger partial charge in [0, 0.05) is 19.0 Å². The van der Waals surface area contributed by atoms with Crippen LogP contribution in [0.5, 0.6) is 5.75 Å². The van der Waals surface area contributed by atoms with E-state index in [0.717, 1.165) is 55.3 Å². The lowest BCUT2D eigenvalue weighted by atomic mass is 9.86. The Morgan fingerprint density at radius 2 is 1.72 bits per heavy atom. The van der Waals surface area contributed by atoms with Gasteiger partial charge in [-0.2, -0.15) is 0 Å². The molecule has 3 aromatic rings. The fourth-order valence-corrected chi connectivity index (χ4v) is 5.43. The number of hydrogen-bond acceptors (Lipinski definition) is 3. The van der Waals surface area contributed by atoms with E-state index >= 15 is 0 Å². The number of benzene rings is 3. The van der Waals surface area contributed by atoms with Crippen molar-refractivity contribution >= 4 is 11.8 Å². The minimum atomic E-state index is -0.162. The molecule has 5 nitrogen and oxygen atoms in total. The Balaban J connectivity index is 1.35.